The van der Waals surface area contributed by atoms with E-state index in [0.717, 1.165) is 0 Å². The number of alkyl halides is 2. The molecule has 0 unspecified atom stereocenters. The molecule has 0 bridgehead atoms. The first kappa shape index (κ1) is 8.63. The van der Waals surface area contributed by atoms with Gasteiger partial charge in [0.25, 0.3) is 11.5 Å². The number of halogens is 2. The van der Waals surface area contributed by atoms with Crippen LogP contribution in [-0.2, 0) is 5.92 Å². The molecule has 66 valence electrons. The maximum atomic E-state index is 12.5. The monoisotopic (exact) mass is 176 g/mol. The predicted molar refractivity (Wildman–Crippen MR) is 37.3 cm³/mol. The lowest BCUT2D eigenvalue weighted by molar-refractivity contribution is 0.0122. The van der Waals surface area contributed by atoms with E-state index in [1.165, 1.54) is 0 Å². The Morgan fingerprint density at radius 2 is 1.92 bits per heavy atom. The van der Waals surface area contributed by atoms with E-state index in [0.29, 0.717) is 13.0 Å². The maximum absolute atomic E-state index is 12.5. The van der Waals surface area contributed by atoms with Crippen molar-refractivity contribution in [2.24, 2.45) is 0 Å². The van der Waals surface area contributed by atoms with Gasteiger partial charge in [0.15, 0.2) is 0 Å². The molecule has 6 heteroatoms. The molecule has 1 heterocycles. The van der Waals surface area contributed by atoms with Crippen molar-refractivity contribution < 1.29 is 8.78 Å². The van der Waals surface area contributed by atoms with Crippen LogP contribution in [0.2, 0.25) is 0 Å². The number of aromatic nitrogens is 2. The lowest BCUT2D eigenvalue weighted by atomic mass is 10.2. The maximum Gasteiger partial charge on any atom is 0.326 e. The zero-order valence-electron chi connectivity index (χ0n) is 6.15. The van der Waals surface area contributed by atoms with Crippen LogP contribution < -0.4 is 11.2 Å². The number of nitrogens with one attached hydrogen (secondary N) is 2. The van der Waals surface area contributed by atoms with Gasteiger partial charge >= 0.3 is 5.69 Å². The summed E-state index contributed by atoms with van der Waals surface area (Å²) in [6, 6.07) is 0.654. The van der Waals surface area contributed by atoms with Gasteiger partial charge in [-0.1, -0.05) is 0 Å². The molecule has 0 atom stereocenters. The average Bonchev–Trinajstić information content (AvgIpc) is 1.82. The summed E-state index contributed by atoms with van der Waals surface area (Å²) in [5, 5.41) is 0. The van der Waals surface area contributed by atoms with Gasteiger partial charge in [-0.3, -0.25) is 9.78 Å². The third kappa shape index (κ3) is 1.77. The fourth-order valence-electron chi connectivity index (χ4n) is 0.705. The fraction of sp³-hybridized carbons (Fsp3) is 0.333. The first-order valence-corrected chi connectivity index (χ1v) is 3.11. The lowest BCUT2D eigenvalue weighted by Crippen LogP contribution is -2.26. The second-order valence-electron chi connectivity index (χ2n) is 2.39. The topological polar surface area (TPSA) is 65.7 Å². The van der Waals surface area contributed by atoms with Crippen LogP contribution in [0, 0.1) is 0 Å². The molecule has 0 fully saturated rings. The van der Waals surface area contributed by atoms with E-state index in [2.05, 4.69) is 0 Å². The molecule has 1 aromatic heterocycles. The minimum Gasteiger partial charge on any atom is -0.306 e. The van der Waals surface area contributed by atoms with Gasteiger partial charge in [0.2, 0.25) is 0 Å². The summed E-state index contributed by atoms with van der Waals surface area (Å²) in [4.78, 5) is 24.7. The van der Waals surface area contributed by atoms with E-state index in [1.54, 1.807) is 4.98 Å². The van der Waals surface area contributed by atoms with Gasteiger partial charge in [0.05, 0.1) is 5.69 Å². The van der Waals surface area contributed by atoms with Crippen molar-refractivity contribution in [1.82, 2.24) is 9.97 Å². The van der Waals surface area contributed by atoms with Crippen LogP contribution >= 0.6 is 0 Å². The van der Waals surface area contributed by atoms with Crippen LogP contribution in [0.5, 0.6) is 0 Å². The Labute approximate surface area is 65.3 Å². The van der Waals surface area contributed by atoms with Crippen molar-refractivity contribution >= 4 is 0 Å². The minimum absolute atomic E-state index is 0.595. The summed E-state index contributed by atoms with van der Waals surface area (Å²) in [6.45, 7) is 0.595. The number of hydrogen-bond donors (Lipinski definition) is 2. The molecule has 0 aromatic carbocycles. The highest BCUT2D eigenvalue weighted by molar-refractivity contribution is 5.04. The second-order valence-corrected chi connectivity index (χ2v) is 2.39. The van der Waals surface area contributed by atoms with Crippen LogP contribution in [0.1, 0.15) is 12.6 Å². The van der Waals surface area contributed by atoms with Crippen molar-refractivity contribution in [3.05, 3.63) is 32.6 Å². The van der Waals surface area contributed by atoms with Gasteiger partial charge in [-0.05, 0) is 0 Å². The molecule has 1 rings (SSSR count). The SMILES string of the molecule is CC(F)(F)c1cc(=O)[nH]c(=O)[nH]1. The summed E-state index contributed by atoms with van der Waals surface area (Å²) in [5.74, 6) is -3.20. The van der Waals surface area contributed by atoms with Gasteiger partial charge < -0.3 is 4.98 Å². The molecule has 1 aromatic rings. The summed E-state index contributed by atoms with van der Waals surface area (Å²) in [5.41, 5.74) is -2.45. The Bertz CT molecular complexity index is 359. The van der Waals surface area contributed by atoms with Gasteiger partial charge in [0, 0.05) is 13.0 Å². The normalized spacial score (nSPS) is 11.6. The summed E-state index contributed by atoms with van der Waals surface area (Å²) >= 11 is 0. The van der Waals surface area contributed by atoms with Crippen LogP contribution in [-0.4, -0.2) is 9.97 Å². The molecule has 0 amide bonds. The predicted octanol–water partition coefficient (Wildman–Crippen LogP) is 0.175. The highest BCUT2D eigenvalue weighted by atomic mass is 19.3. The van der Waals surface area contributed by atoms with Crippen LogP contribution in [0.3, 0.4) is 0 Å². The second kappa shape index (κ2) is 2.54. The molecule has 0 aliphatic heterocycles. The molecule has 0 aliphatic carbocycles. The highest BCUT2D eigenvalue weighted by Gasteiger charge is 2.25. The Morgan fingerprint density at radius 3 is 2.33 bits per heavy atom. The standard InChI is InChI=1S/C6H6F2N2O2/c1-6(7,8)3-2-4(11)10-5(12)9-3/h2H,1H3,(H2,9,10,11,12). The zero-order valence-corrected chi connectivity index (χ0v) is 6.15. The van der Waals surface area contributed by atoms with Crippen molar-refractivity contribution in [2.75, 3.05) is 0 Å². The van der Waals surface area contributed by atoms with E-state index < -0.39 is 22.9 Å². The van der Waals surface area contributed by atoms with E-state index in [9.17, 15) is 18.4 Å². The first-order chi connectivity index (χ1) is 5.39. The Balaban J connectivity index is 3.37. The van der Waals surface area contributed by atoms with E-state index in [4.69, 9.17) is 0 Å². The van der Waals surface area contributed by atoms with E-state index >= 15 is 0 Å². The summed E-state index contributed by atoms with van der Waals surface area (Å²) in [7, 11) is 0. The smallest absolute Gasteiger partial charge is 0.306 e. The summed E-state index contributed by atoms with van der Waals surface area (Å²) in [6.07, 6.45) is 0. The average molecular weight is 176 g/mol. The number of H-pyrrole nitrogens is 2. The Kier molecular flexibility index (Phi) is 1.83. The van der Waals surface area contributed by atoms with Gasteiger partial charge in [0.1, 0.15) is 0 Å². The molecule has 0 spiro atoms. The van der Waals surface area contributed by atoms with Crippen molar-refractivity contribution in [3.63, 3.8) is 0 Å². The number of aromatic amines is 2. The zero-order chi connectivity index (χ0) is 9.35. The van der Waals surface area contributed by atoms with Crippen molar-refractivity contribution in [2.45, 2.75) is 12.8 Å². The largest absolute Gasteiger partial charge is 0.326 e. The molecule has 12 heavy (non-hydrogen) atoms. The van der Waals surface area contributed by atoms with Crippen LogP contribution in [0.15, 0.2) is 15.7 Å². The van der Waals surface area contributed by atoms with Gasteiger partial charge in [-0.25, -0.2) is 13.6 Å². The molecule has 0 saturated carbocycles. The third-order valence-electron chi connectivity index (χ3n) is 1.23. The summed E-state index contributed by atoms with van der Waals surface area (Å²) < 4.78 is 25.0. The molecular weight excluding hydrogens is 170 g/mol. The fourth-order valence-corrected chi connectivity index (χ4v) is 0.705. The van der Waals surface area contributed by atoms with Crippen molar-refractivity contribution in [3.8, 4) is 0 Å². The van der Waals surface area contributed by atoms with E-state index in [1.807, 2.05) is 4.98 Å². The van der Waals surface area contributed by atoms with Gasteiger partial charge in [-0.15, -0.1) is 0 Å². The number of hydrogen-bond acceptors (Lipinski definition) is 2. The highest BCUT2D eigenvalue weighted by Crippen LogP contribution is 2.22. The first-order valence-electron chi connectivity index (χ1n) is 3.11. The molecule has 0 radical (unpaired) electrons. The molecule has 0 saturated heterocycles. The van der Waals surface area contributed by atoms with E-state index in [-0.39, 0.29) is 0 Å². The number of rotatable bonds is 1. The van der Waals surface area contributed by atoms with Crippen molar-refractivity contribution in [1.29, 1.82) is 0 Å². The molecule has 4 nitrogen and oxygen atoms in total. The van der Waals surface area contributed by atoms with Crippen LogP contribution in [0.4, 0.5) is 8.78 Å². The molecular formula is C6H6F2N2O2. The molecule has 2 N–H and O–H groups in total. The Morgan fingerprint density at radius 1 is 1.33 bits per heavy atom. The lowest BCUT2D eigenvalue weighted by Gasteiger charge is -2.07. The quantitative estimate of drug-likeness (QED) is 0.640. The van der Waals surface area contributed by atoms with Crippen LogP contribution in [0.25, 0.3) is 0 Å². The van der Waals surface area contributed by atoms with Gasteiger partial charge in [-0.2, -0.15) is 0 Å². The molecule has 0 aliphatic rings. The Hall–Kier alpha value is -1.46. The third-order valence-corrected chi connectivity index (χ3v) is 1.23. The minimum atomic E-state index is -3.20.